The zero-order valence-corrected chi connectivity index (χ0v) is 23.1. The van der Waals surface area contributed by atoms with Gasteiger partial charge in [-0.1, -0.05) is 50.8 Å². The van der Waals surface area contributed by atoms with Crippen molar-refractivity contribution >= 4 is 0 Å². The molecule has 0 heterocycles. The minimum Gasteiger partial charge on any atom is -0.453 e. The van der Waals surface area contributed by atoms with Crippen molar-refractivity contribution in [3.05, 3.63) is 71.0 Å². The fourth-order valence-electron chi connectivity index (χ4n) is 5.67. The molecule has 0 aromatic heterocycles. The normalized spacial score (nSPS) is 25.2. The number of allylic oxidation sites excluding steroid dienone is 3. The highest BCUT2D eigenvalue weighted by Gasteiger charge is 2.52. The third kappa shape index (κ3) is 6.75. The van der Waals surface area contributed by atoms with Crippen LogP contribution in [0, 0.1) is 23.5 Å². The van der Waals surface area contributed by atoms with E-state index in [4.69, 9.17) is 4.74 Å². The second-order valence-corrected chi connectivity index (χ2v) is 11.0. The Morgan fingerprint density at radius 1 is 0.929 bits per heavy atom. The van der Waals surface area contributed by atoms with Crippen molar-refractivity contribution in [1.82, 2.24) is 0 Å². The van der Waals surface area contributed by atoms with Crippen molar-refractivity contribution in [2.45, 2.75) is 83.4 Å². The van der Waals surface area contributed by atoms with Crippen LogP contribution in [0.2, 0.25) is 0 Å². The Kier molecular flexibility index (Phi) is 9.57. The average Bonchev–Trinajstić information content (AvgIpc) is 2.93. The third-order valence-corrected chi connectivity index (χ3v) is 7.93. The van der Waals surface area contributed by atoms with Crippen molar-refractivity contribution in [1.29, 1.82) is 0 Å². The van der Waals surface area contributed by atoms with E-state index >= 15 is 13.2 Å². The van der Waals surface area contributed by atoms with Gasteiger partial charge in [0.2, 0.25) is 5.75 Å². The van der Waals surface area contributed by atoms with Gasteiger partial charge >= 0.3 is 6.36 Å². The maximum absolute atomic E-state index is 15.6. The highest BCUT2D eigenvalue weighted by molar-refractivity contribution is 5.72. The number of benzene rings is 2. The monoisotopic (exact) mass is 606 g/mol. The zero-order chi connectivity index (χ0) is 30.8. The largest absolute Gasteiger partial charge is 0.573 e. The minimum absolute atomic E-state index is 0.128. The van der Waals surface area contributed by atoms with Crippen molar-refractivity contribution < 1.29 is 49.0 Å². The lowest BCUT2D eigenvalue weighted by Crippen LogP contribution is -2.39. The van der Waals surface area contributed by atoms with E-state index in [2.05, 4.69) is 11.7 Å². The molecule has 0 N–H and O–H groups in total. The van der Waals surface area contributed by atoms with E-state index in [1.54, 1.807) is 0 Å². The molecule has 2 aliphatic rings. The second kappa shape index (κ2) is 12.6. The molecule has 11 heteroatoms. The van der Waals surface area contributed by atoms with E-state index in [9.17, 15) is 26.3 Å². The predicted molar refractivity (Wildman–Crippen MR) is 139 cm³/mol. The number of unbranched alkanes of at least 4 members (excludes halogenated alkanes) is 2. The fourth-order valence-corrected chi connectivity index (χ4v) is 5.67. The van der Waals surface area contributed by atoms with Crippen LogP contribution in [-0.2, 0) is 0 Å². The zero-order valence-electron chi connectivity index (χ0n) is 23.1. The molecule has 0 spiro atoms. The fraction of sp³-hybridized carbons (Fsp3) is 0.484. The number of halogens is 9. The maximum atomic E-state index is 15.6. The summed E-state index contributed by atoms with van der Waals surface area (Å²) >= 11 is 0. The van der Waals surface area contributed by atoms with Gasteiger partial charge < -0.3 is 9.47 Å². The lowest BCUT2D eigenvalue weighted by molar-refractivity contribution is -0.276. The molecule has 2 aliphatic carbocycles. The van der Waals surface area contributed by atoms with Crippen LogP contribution in [0.3, 0.4) is 0 Å². The first-order chi connectivity index (χ1) is 19.7. The molecule has 0 radical (unpaired) electrons. The van der Waals surface area contributed by atoms with Crippen LogP contribution in [0.5, 0.6) is 11.5 Å². The Balaban J connectivity index is 1.69. The number of hydrogen-bond acceptors (Lipinski definition) is 2. The summed E-state index contributed by atoms with van der Waals surface area (Å²) in [5.74, 6) is -9.64. The van der Waals surface area contributed by atoms with Crippen molar-refractivity contribution in [2.75, 3.05) is 0 Å². The molecule has 2 nitrogen and oxygen atoms in total. The maximum Gasteiger partial charge on any atom is 0.573 e. The lowest BCUT2D eigenvalue weighted by Gasteiger charge is -2.36. The molecule has 42 heavy (non-hydrogen) atoms. The number of rotatable bonds is 9. The first-order valence-corrected chi connectivity index (χ1v) is 13.9. The van der Waals surface area contributed by atoms with E-state index in [1.807, 2.05) is 0 Å². The molecule has 0 amide bonds. The van der Waals surface area contributed by atoms with E-state index in [0.29, 0.717) is 50.7 Å². The summed E-state index contributed by atoms with van der Waals surface area (Å²) in [5.41, 5.74) is -4.26. The van der Waals surface area contributed by atoms with Gasteiger partial charge in [0.15, 0.2) is 35.1 Å². The van der Waals surface area contributed by atoms with Crippen LogP contribution in [0.4, 0.5) is 39.5 Å². The van der Waals surface area contributed by atoms with Gasteiger partial charge in [0.25, 0.3) is 0 Å². The molecule has 230 valence electrons. The molecule has 2 aromatic rings. The molecule has 0 saturated heterocycles. The first-order valence-electron chi connectivity index (χ1n) is 13.9. The van der Waals surface area contributed by atoms with E-state index in [0.717, 1.165) is 25.7 Å². The molecular formula is C31H31F9O2. The molecule has 0 aliphatic heterocycles. The summed E-state index contributed by atoms with van der Waals surface area (Å²) in [4.78, 5) is 0. The second-order valence-electron chi connectivity index (χ2n) is 11.0. The molecule has 4 rings (SSSR count). The lowest BCUT2D eigenvalue weighted by atomic mass is 9.73. The van der Waals surface area contributed by atoms with Crippen molar-refractivity contribution in [3.8, 4) is 22.6 Å². The summed E-state index contributed by atoms with van der Waals surface area (Å²) in [6.07, 6.45) is -1.93. The highest BCUT2D eigenvalue weighted by atomic mass is 19.4. The van der Waals surface area contributed by atoms with Crippen LogP contribution < -0.4 is 9.47 Å². The number of ether oxygens (including phenoxy) is 2. The molecule has 0 unspecified atom stereocenters. The Bertz CT molecular complexity index is 1320. The molecular weight excluding hydrogens is 575 g/mol. The summed E-state index contributed by atoms with van der Waals surface area (Å²) in [5, 5.41) is 0. The van der Waals surface area contributed by atoms with Crippen molar-refractivity contribution in [2.24, 2.45) is 11.8 Å². The van der Waals surface area contributed by atoms with Gasteiger partial charge in [0, 0.05) is 11.1 Å². The number of para-hydroxylation sites is 1. The van der Waals surface area contributed by atoms with Gasteiger partial charge in [-0.15, -0.1) is 13.2 Å². The quantitative estimate of drug-likeness (QED) is 0.209. The minimum atomic E-state index is -5.36. The highest BCUT2D eigenvalue weighted by Crippen LogP contribution is 2.50. The molecule has 1 fully saturated rings. The van der Waals surface area contributed by atoms with Gasteiger partial charge in [-0.05, 0) is 68.2 Å². The summed E-state index contributed by atoms with van der Waals surface area (Å²) in [7, 11) is 0. The third-order valence-electron chi connectivity index (χ3n) is 7.93. The number of hydrogen-bond donors (Lipinski definition) is 0. The van der Waals surface area contributed by atoms with E-state index in [1.165, 1.54) is 24.3 Å². The summed E-state index contributed by atoms with van der Waals surface area (Å²) in [6, 6.07) is 6.38. The smallest absolute Gasteiger partial charge is 0.453 e. The van der Waals surface area contributed by atoms with Gasteiger partial charge in [-0.2, -0.15) is 0 Å². The van der Waals surface area contributed by atoms with Gasteiger partial charge in [-0.3, -0.25) is 0 Å². The van der Waals surface area contributed by atoms with Gasteiger partial charge in [0.1, 0.15) is 11.6 Å². The molecule has 2 atom stereocenters. The van der Waals surface area contributed by atoms with Crippen LogP contribution in [0.1, 0.15) is 65.2 Å². The van der Waals surface area contributed by atoms with Crippen LogP contribution in [-0.4, -0.2) is 18.2 Å². The van der Waals surface area contributed by atoms with Crippen LogP contribution in [0.15, 0.2) is 59.4 Å². The summed E-state index contributed by atoms with van der Waals surface area (Å²) < 4.78 is 137. The molecule has 1 saturated carbocycles. The number of alkyl halides is 5. The van der Waals surface area contributed by atoms with Crippen LogP contribution in [0.25, 0.3) is 11.1 Å². The van der Waals surface area contributed by atoms with E-state index < -0.39 is 64.5 Å². The SMILES string of the molecule is CCCCCC1CCC(C2=C(F)[C@H](F)[C@](C)(F)C(F)=C2Oc2ccccc2-c2cc(F)c(OC(F)(F)F)c(F)c2)CC1. The van der Waals surface area contributed by atoms with Crippen LogP contribution >= 0.6 is 0 Å². The average molecular weight is 607 g/mol. The Morgan fingerprint density at radius 3 is 2.14 bits per heavy atom. The molecule has 0 bridgehead atoms. The Morgan fingerprint density at radius 2 is 1.55 bits per heavy atom. The Labute approximate surface area is 238 Å². The van der Waals surface area contributed by atoms with Gasteiger partial charge in [0.05, 0.1) is 0 Å². The van der Waals surface area contributed by atoms with Gasteiger partial charge in [-0.25, -0.2) is 26.3 Å². The van der Waals surface area contributed by atoms with E-state index in [-0.39, 0.29) is 16.9 Å². The molecule has 2 aromatic carbocycles. The Hall–Kier alpha value is -3.11. The summed E-state index contributed by atoms with van der Waals surface area (Å²) in [6.45, 7) is 2.64. The predicted octanol–water partition coefficient (Wildman–Crippen LogP) is 10.8. The standard InChI is InChI=1S/C31H31F9O2/c1-3-4-5-8-17-11-13-18(14-12-17)24-25(34)28(35)30(2,37)29(36)27(24)41-23-10-7-6-9-20(23)19-15-21(32)26(22(33)16-19)42-31(38,39)40/h6-7,9-10,15-18,28H,3-5,8,11-14H2,1-2H3/t17?,18?,28-,30-/m0/s1. The first kappa shape index (κ1) is 31.8. The topological polar surface area (TPSA) is 18.5 Å². The van der Waals surface area contributed by atoms with Crippen molar-refractivity contribution in [3.63, 3.8) is 0 Å².